The first-order valence-corrected chi connectivity index (χ1v) is 5.24. The number of amides is 1. The van der Waals surface area contributed by atoms with Crippen molar-refractivity contribution in [2.24, 2.45) is 11.8 Å². The maximum absolute atomic E-state index is 10.4. The van der Waals surface area contributed by atoms with E-state index in [2.05, 4.69) is 39.9 Å². The first-order chi connectivity index (χ1) is 7.00. The molecule has 0 fully saturated rings. The molecule has 0 unspecified atom stereocenters. The molecule has 0 aromatic carbocycles. The van der Waals surface area contributed by atoms with Crippen molar-refractivity contribution < 1.29 is 18.0 Å². The molecule has 0 atom stereocenters. The van der Waals surface area contributed by atoms with Crippen LogP contribution >= 0.6 is 0 Å². The van der Waals surface area contributed by atoms with Crippen LogP contribution in [0.3, 0.4) is 0 Å². The smallest absolute Gasteiger partial charge is 0.358 e. The third-order valence-electron chi connectivity index (χ3n) is 0.609. The Morgan fingerprint density at radius 2 is 1.38 bits per heavy atom. The van der Waals surface area contributed by atoms with Gasteiger partial charge in [-0.3, -0.25) is 4.79 Å². The van der Waals surface area contributed by atoms with E-state index in [9.17, 15) is 18.0 Å². The van der Waals surface area contributed by atoms with Crippen LogP contribution in [0.5, 0.6) is 0 Å². The van der Waals surface area contributed by atoms with Crippen molar-refractivity contribution in [3.63, 3.8) is 0 Å². The van der Waals surface area contributed by atoms with Gasteiger partial charge in [-0.1, -0.05) is 34.6 Å². The highest BCUT2D eigenvalue weighted by Crippen LogP contribution is 2.10. The van der Waals surface area contributed by atoms with Gasteiger partial charge in [-0.05, 0) is 11.8 Å². The molecule has 0 rings (SSSR count). The second kappa shape index (κ2) is 12.3. The zero-order valence-electron chi connectivity index (χ0n) is 11.0. The summed E-state index contributed by atoms with van der Waals surface area (Å²) in [6.45, 7) is 11.6. The highest BCUT2D eigenvalue weighted by Gasteiger charge is 2.15. The topological polar surface area (TPSA) is 29.1 Å². The first kappa shape index (κ1) is 20.6. The normalized spacial score (nSPS) is 9.94. The number of halogens is 3. The Labute approximate surface area is 96.6 Å². The monoisotopic (exact) mass is 243 g/mol. The second-order valence-corrected chi connectivity index (χ2v) is 4.43. The first-order valence-electron chi connectivity index (χ1n) is 5.24. The lowest BCUT2D eigenvalue weighted by molar-refractivity contribution is -0.110. The Morgan fingerprint density at radius 3 is 1.44 bits per heavy atom. The van der Waals surface area contributed by atoms with Gasteiger partial charge in [0.1, 0.15) is 0 Å². The fourth-order valence-electron chi connectivity index (χ4n) is 0.284. The van der Waals surface area contributed by atoms with E-state index in [1.165, 1.54) is 0 Å². The quantitative estimate of drug-likeness (QED) is 0.754. The van der Waals surface area contributed by atoms with Crippen molar-refractivity contribution in [2.45, 2.75) is 47.7 Å². The molecule has 1 amide bonds. The van der Waals surface area contributed by atoms with Gasteiger partial charge < -0.3 is 5.32 Å². The van der Waals surface area contributed by atoms with Gasteiger partial charge in [0.15, 0.2) is 0 Å². The van der Waals surface area contributed by atoms with Crippen molar-refractivity contribution in [1.82, 2.24) is 5.32 Å². The Hall–Kier alpha value is -0.740. The Bertz CT molecular complexity index is 136. The zero-order valence-corrected chi connectivity index (χ0v) is 11.0. The molecule has 100 valence electrons. The Balaban J connectivity index is -0.000000166. The van der Waals surface area contributed by atoms with E-state index < -0.39 is 6.18 Å². The van der Waals surface area contributed by atoms with Gasteiger partial charge in [-0.2, -0.15) is 13.2 Å². The van der Waals surface area contributed by atoms with Crippen LogP contribution in [0.15, 0.2) is 0 Å². The zero-order chi connectivity index (χ0) is 13.8. The average molecular weight is 243 g/mol. The molecule has 0 saturated carbocycles. The molecule has 0 saturated heterocycles. The molecule has 5 heteroatoms. The molecule has 0 heterocycles. The minimum atomic E-state index is -4.00. The molecule has 0 aliphatic heterocycles. The molecule has 0 radical (unpaired) electrons. The Morgan fingerprint density at radius 1 is 1.12 bits per heavy atom. The Kier molecular flexibility index (Phi) is 15.9. The predicted octanol–water partition coefficient (Wildman–Crippen LogP) is 3.62. The maximum atomic E-state index is 10.4. The van der Waals surface area contributed by atoms with Crippen molar-refractivity contribution >= 4 is 6.41 Å². The summed E-state index contributed by atoms with van der Waals surface area (Å²) in [6, 6.07) is 0. The summed E-state index contributed by atoms with van der Waals surface area (Å²) in [5, 5.41) is 2.57. The third kappa shape index (κ3) is 188. The van der Waals surface area contributed by atoms with Gasteiger partial charge in [-0.25, -0.2) is 0 Å². The van der Waals surface area contributed by atoms with E-state index in [4.69, 9.17) is 0 Å². The molecular weight excluding hydrogens is 219 g/mol. The number of nitrogens with one attached hydrogen (secondary N) is 1. The van der Waals surface area contributed by atoms with Crippen LogP contribution in [0, 0.1) is 11.8 Å². The molecule has 1 N–H and O–H groups in total. The SMILES string of the molecule is CC(C)C.CC(C)CNC=O.CC(F)(F)F. The predicted molar refractivity (Wildman–Crippen MR) is 61.1 cm³/mol. The number of alkyl halides is 3. The highest BCUT2D eigenvalue weighted by atomic mass is 19.4. The van der Waals surface area contributed by atoms with E-state index >= 15 is 0 Å². The van der Waals surface area contributed by atoms with Crippen LogP contribution in [-0.2, 0) is 4.79 Å². The molecule has 0 aromatic rings. The summed E-state index contributed by atoms with van der Waals surface area (Å²) in [5.41, 5.74) is 0. The van der Waals surface area contributed by atoms with Crippen LogP contribution < -0.4 is 5.32 Å². The highest BCUT2D eigenvalue weighted by molar-refractivity contribution is 5.45. The molecular formula is C11H24F3NO. The molecule has 16 heavy (non-hydrogen) atoms. The molecule has 0 aromatic heterocycles. The second-order valence-electron chi connectivity index (χ2n) is 4.43. The van der Waals surface area contributed by atoms with Crippen LogP contribution in [0.2, 0.25) is 0 Å². The fraction of sp³-hybridized carbons (Fsp3) is 0.909. The standard InChI is InChI=1S/C5H11NO.C4H10.C2H3F3/c1-5(2)3-6-4-7;1-4(2)3;1-2(3,4)5/h4-5H,3H2,1-2H3,(H,6,7);4H,1-3H3;1H3. The molecule has 2 nitrogen and oxygen atoms in total. The van der Waals surface area contributed by atoms with E-state index in [-0.39, 0.29) is 6.92 Å². The lowest BCUT2D eigenvalue weighted by atomic mass is 10.2. The van der Waals surface area contributed by atoms with Crippen LogP contribution in [-0.4, -0.2) is 19.1 Å². The summed E-state index contributed by atoms with van der Waals surface area (Å²) < 4.78 is 31.1. The van der Waals surface area contributed by atoms with E-state index in [1.54, 1.807) is 0 Å². The van der Waals surface area contributed by atoms with Gasteiger partial charge >= 0.3 is 6.18 Å². The molecule has 0 bridgehead atoms. The lowest BCUT2D eigenvalue weighted by Gasteiger charge is -1.98. The van der Waals surface area contributed by atoms with E-state index in [0.29, 0.717) is 5.92 Å². The minimum Gasteiger partial charge on any atom is -0.358 e. The van der Waals surface area contributed by atoms with Crippen molar-refractivity contribution in [1.29, 1.82) is 0 Å². The third-order valence-corrected chi connectivity index (χ3v) is 0.609. The molecule has 0 spiro atoms. The van der Waals surface area contributed by atoms with E-state index in [1.807, 2.05) is 0 Å². The number of hydrogen-bond donors (Lipinski definition) is 1. The van der Waals surface area contributed by atoms with Gasteiger partial charge in [0, 0.05) is 13.5 Å². The number of rotatable bonds is 3. The summed E-state index contributed by atoms with van der Waals surface area (Å²) >= 11 is 0. The van der Waals surface area contributed by atoms with Crippen molar-refractivity contribution in [3.05, 3.63) is 0 Å². The van der Waals surface area contributed by atoms with Gasteiger partial charge in [0.2, 0.25) is 6.41 Å². The summed E-state index contributed by atoms with van der Waals surface area (Å²) in [4.78, 5) is 9.60. The van der Waals surface area contributed by atoms with Crippen molar-refractivity contribution in [2.75, 3.05) is 6.54 Å². The summed E-state index contributed by atoms with van der Waals surface area (Å²) in [6.07, 6.45) is -3.28. The minimum absolute atomic E-state index is 0.188. The summed E-state index contributed by atoms with van der Waals surface area (Å²) in [7, 11) is 0. The van der Waals surface area contributed by atoms with E-state index in [0.717, 1.165) is 18.9 Å². The van der Waals surface area contributed by atoms with Crippen LogP contribution in [0.25, 0.3) is 0 Å². The van der Waals surface area contributed by atoms with Gasteiger partial charge in [0.25, 0.3) is 0 Å². The molecule has 0 aliphatic carbocycles. The van der Waals surface area contributed by atoms with Gasteiger partial charge in [-0.15, -0.1) is 0 Å². The molecule has 0 aliphatic rings. The van der Waals surface area contributed by atoms with Crippen LogP contribution in [0.1, 0.15) is 41.5 Å². The van der Waals surface area contributed by atoms with Crippen molar-refractivity contribution in [3.8, 4) is 0 Å². The average Bonchev–Trinajstić information content (AvgIpc) is 1.96. The number of hydrogen-bond acceptors (Lipinski definition) is 1. The largest absolute Gasteiger partial charge is 0.386 e. The lowest BCUT2D eigenvalue weighted by Crippen LogP contribution is -2.16. The maximum Gasteiger partial charge on any atom is 0.386 e. The fourth-order valence-corrected chi connectivity index (χ4v) is 0.284. The van der Waals surface area contributed by atoms with Gasteiger partial charge in [0.05, 0.1) is 0 Å². The number of carbonyl (C=O) groups is 1. The number of carbonyl (C=O) groups excluding carboxylic acids is 1. The van der Waals surface area contributed by atoms with Crippen LogP contribution in [0.4, 0.5) is 13.2 Å². The summed E-state index contributed by atoms with van der Waals surface area (Å²) in [5.74, 6) is 1.39.